The number of nitrogens with zero attached hydrogens (tertiary/aromatic N) is 3. The molecule has 0 saturated heterocycles. The third-order valence-corrected chi connectivity index (χ3v) is 5.30. The average Bonchev–Trinajstić information content (AvgIpc) is 2.94. The average molecular weight is 406 g/mol. The summed E-state index contributed by atoms with van der Waals surface area (Å²) in [5, 5.41) is 12.6. The number of anilines is 1. The molecule has 0 aliphatic rings. The zero-order valence-electron chi connectivity index (χ0n) is 17.6. The van der Waals surface area contributed by atoms with Crippen LogP contribution in [-0.2, 0) is 6.54 Å². The van der Waals surface area contributed by atoms with Gasteiger partial charge in [-0.1, -0.05) is 42.0 Å². The van der Waals surface area contributed by atoms with E-state index in [1.54, 1.807) is 6.21 Å². The highest BCUT2D eigenvalue weighted by molar-refractivity contribution is 7.80. The molecule has 0 unspecified atom stereocenters. The van der Waals surface area contributed by atoms with Crippen molar-refractivity contribution in [1.82, 2.24) is 15.2 Å². The van der Waals surface area contributed by atoms with Crippen molar-refractivity contribution in [2.24, 2.45) is 5.10 Å². The Morgan fingerprint density at radius 2 is 1.79 bits per heavy atom. The van der Waals surface area contributed by atoms with Crippen LogP contribution in [0, 0.1) is 34.6 Å². The van der Waals surface area contributed by atoms with Gasteiger partial charge >= 0.3 is 0 Å². The molecule has 1 heterocycles. The fourth-order valence-corrected chi connectivity index (χ4v) is 3.27. The zero-order chi connectivity index (χ0) is 21.0. The molecule has 3 rings (SSSR count). The lowest BCUT2D eigenvalue weighted by atomic mass is 10.1. The summed E-state index contributed by atoms with van der Waals surface area (Å²) in [6, 6.07) is 14.6. The van der Waals surface area contributed by atoms with Crippen molar-refractivity contribution >= 4 is 29.2 Å². The lowest BCUT2D eigenvalue weighted by Crippen LogP contribution is -2.24. The number of hydrogen-bond donors (Lipinski definition) is 2. The summed E-state index contributed by atoms with van der Waals surface area (Å²) in [6.45, 7) is 11.0. The van der Waals surface area contributed by atoms with E-state index in [-0.39, 0.29) is 0 Å². The summed E-state index contributed by atoms with van der Waals surface area (Å²) in [5.74, 6) is 0. The zero-order valence-corrected chi connectivity index (χ0v) is 18.4. The predicted octanol–water partition coefficient (Wildman–Crippen LogP) is 4.79. The topological polar surface area (TPSA) is 54.2 Å². The van der Waals surface area contributed by atoms with E-state index in [0.717, 1.165) is 29.2 Å². The van der Waals surface area contributed by atoms with Crippen LogP contribution < -0.4 is 10.7 Å². The third-order valence-electron chi connectivity index (χ3n) is 5.10. The minimum atomic E-state index is 0.456. The molecule has 0 saturated carbocycles. The highest BCUT2D eigenvalue weighted by Crippen LogP contribution is 2.18. The Kier molecular flexibility index (Phi) is 6.44. The number of hydrogen-bond acceptors (Lipinski definition) is 3. The molecule has 150 valence electrons. The fraction of sp³-hybridized carbons (Fsp3) is 0.261. The van der Waals surface area contributed by atoms with E-state index >= 15 is 0 Å². The minimum absolute atomic E-state index is 0.456. The predicted molar refractivity (Wildman–Crippen MR) is 125 cm³/mol. The summed E-state index contributed by atoms with van der Waals surface area (Å²) in [4.78, 5) is 0. The van der Waals surface area contributed by atoms with Gasteiger partial charge in [0.15, 0.2) is 5.11 Å². The number of aromatic nitrogens is 2. The van der Waals surface area contributed by atoms with Gasteiger partial charge in [0.2, 0.25) is 0 Å². The van der Waals surface area contributed by atoms with E-state index in [2.05, 4.69) is 79.0 Å². The summed E-state index contributed by atoms with van der Waals surface area (Å²) in [6.07, 6.45) is 1.78. The van der Waals surface area contributed by atoms with Crippen LogP contribution in [0.5, 0.6) is 0 Å². The second kappa shape index (κ2) is 9.01. The lowest BCUT2D eigenvalue weighted by molar-refractivity contribution is 0.659. The molecule has 0 amide bonds. The van der Waals surface area contributed by atoms with Gasteiger partial charge in [-0.05, 0) is 69.6 Å². The van der Waals surface area contributed by atoms with Crippen molar-refractivity contribution in [3.63, 3.8) is 0 Å². The van der Waals surface area contributed by atoms with E-state index in [4.69, 9.17) is 12.2 Å². The molecular weight excluding hydrogens is 378 g/mol. The smallest absolute Gasteiger partial charge is 0.191 e. The van der Waals surface area contributed by atoms with Crippen LogP contribution in [-0.4, -0.2) is 21.1 Å². The molecule has 0 atom stereocenters. The van der Waals surface area contributed by atoms with Gasteiger partial charge in [-0.25, -0.2) is 0 Å². The Hall–Kier alpha value is -2.99. The molecule has 0 radical (unpaired) electrons. The van der Waals surface area contributed by atoms with Gasteiger partial charge in [0.05, 0.1) is 18.5 Å². The summed E-state index contributed by atoms with van der Waals surface area (Å²) in [5.41, 5.74) is 11.8. The van der Waals surface area contributed by atoms with Crippen LogP contribution in [0.1, 0.15) is 39.2 Å². The molecule has 3 aromatic rings. The van der Waals surface area contributed by atoms with Crippen molar-refractivity contribution in [2.75, 3.05) is 5.32 Å². The Morgan fingerprint density at radius 3 is 2.52 bits per heavy atom. The first kappa shape index (κ1) is 20.7. The molecule has 6 heteroatoms. The quantitative estimate of drug-likeness (QED) is 0.364. The molecule has 2 N–H and O–H groups in total. The molecule has 0 bridgehead atoms. The maximum Gasteiger partial charge on any atom is 0.191 e. The van der Waals surface area contributed by atoms with E-state index in [1.807, 2.05) is 23.7 Å². The van der Waals surface area contributed by atoms with Crippen molar-refractivity contribution in [1.29, 1.82) is 0 Å². The Labute approximate surface area is 177 Å². The van der Waals surface area contributed by atoms with Crippen LogP contribution in [0.4, 0.5) is 5.69 Å². The van der Waals surface area contributed by atoms with Gasteiger partial charge in [0.25, 0.3) is 0 Å². The summed E-state index contributed by atoms with van der Waals surface area (Å²) in [7, 11) is 0. The Balaban J connectivity index is 1.66. The largest absolute Gasteiger partial charge is 0.331 e. The van der Waals surface area contributed by atoms with Gasteiger partial charge in [-0.3, -0.25) is 10.1 Å². The van der Waals surface area contributed by atoms with Gasteiger partial charge in [0.1, 0.15) is 0 Å². The molecule has 5 nitrogen and oxygen atoms in total. The maximum absolute atomic E-state index is 5.37. The van der Waals surface area contributed by atoms with Crippen LogP contribution in [0.15, 0.2) is 47.6 Å². The number of rotatable bonds is 5. The second-order valence-corrected chi connectivity index (χ2v) is 7.71. The normalized spacial score (nSPS) is 11.1. The summed E-state index contributed by atoms with van der Waals surface area (Å²) >= 11 is 5.37. The van der Waals surface area contributed by atoms with Gasteiger partial charge in [-0.2, -0.15) is 10.2 Å². The number of aryl methyl sites for hydroxylation is 3. The third kappa shape index (κ3) is 5.09. The first-order valence-electron chi connectivity index (χ1n) is 9.61. The molecular formula is C23H27N5S. The summed E-state index contributed by atoms with van der Waals surface area (Å²) < 4.78 is 2.01. The van der Waals surface area contributed by atoms with Crippen LogP contribution in [0.2, 0.25) is 0 Å². The standard InChI is InChI=1S/C23H27N5S/c1-15-9-11-20(12-10-15)14-28-19(5)21(18(4)27-28)13-24-26-23(29)25-22-8-6-7-16(2)17(22)3/h6-13H,14H2,1-5H3,(H2,25,26,29)/b24-13-. The number of benzene rings is 2. The van der Waals surface area contributed by atoms with Crippen molar-refractivity contribution < 1.29 is 0 Å². The molecule has 0 fully saturated rings. The van der Waals surface area contributed by atoms with E-state index in [1.165, 1.54) is 22.3 Å². The second-order valence-electron chi connectivity index (χ2n) is 7.30. The molecule has 2 aromatic carbocycles. The van der Waals surface area contributed by atoms with E-state index in [0.29, 0.717) is 5.11 Å². The van der Waals surface area contributed by atoms with Crippen molar-refractivity contribution in [3.8, 4) is 0 Å². The SMILES string of the molecule is Cc1ccc(Cn2nc(C)c(/C=N\NC(=S)Nc3cccc(C)c3C)c2C)cc1. The van der Waals surface area contributed by atoms with Crippen molar-refractivity contribution in [2.45, 2.75) is 41.2 Å². The van der Waals surface area contributed by atoms with E-state index in [9.17, 15) is 0 Å². The maximum atomic E-state index is 5.37. The number of nitrogens with one attached hydrogen (secondary N) is 2. The highest BCUT2D eigenvalue weighted by atomic mass is 32.1. The monoisotopic (exact) mass is 405 g/mol. The van der Waals surface area contributed by atoms with Crippen LogP contribution in [0.3, 0.4) is 0 Å². The minimum Gasteiger partial charge on any atom is -0.331 e. The van der Waals surface area contributed by atoms with Crippen LogP contribution >= 0.6 is 12.2 Å². The fourth-order valence-electron chi connectivity index (χ4n) is 3.11. The van der Waals surface area contributed by atoms with Gasteiger partial charge in [-0.15, -0.1) is 0 Å². The van der Waals surface area contributed by atoms with Gasteiger partial charge < -0.3 is 5.32 Å². The molecule has 0 aliphatic carbocycles. The first-order valence-corrected chi connectivity index (χ1v) is 10.0. The number of thiocarbonyl (C=S) groups is 1. The lowest BCUT2D eigenvalue weighted by Gasteiger charge is -2.11. The first-order chi connectivity index (χ1) is 13.8. The van der Waals surface area contributed by atoms with Gasteiger partial charge in [0, 0.05) is 16.9 Å². The molecule has 29 heavy (non-hydrogen) atoms. The Bertz CT molecular complexity index is 1050. The van der Waals surface area contributed by atoms with Crippen LogP contribution in [0.25, 0.3) is 0 Å². The van der Waals surface area contributed by atoms with E-state index < -0.39 is 0 Å². The molecule has 1 aromatic heterocycles. The molecule has 0 spiro atoms. The Morgan fingerprint density at radius 1 is 1.07 bits per heavy atom. The number of hydrazone groups is 1. The highest BCUT2D eigenvalue weighted by Gasteiger charge is 2.10. The molecule has 0 aliphatic heterocycles. The van der Waals surface area contributed by atoms with Crippen molar-refractivity contribution in [3.05, 3.63) is 81.7 Å².